The molecule has 2 rings (SSSR count). The van der Waals surface area contributed by atoms with Gasteiger partial charge in [0.2, 0.25) is 0 Å². The molecule has 16 heavy (non-hydrogen) atoms. The van der Waals surface area contributed by atoms with Crippen molar-refractivity contribution in [3.8, 4) is 0 Å². The number of aliphatic hydroxyl groups excluding tert-OH is 1. The quantitative estimate of drug-likeness (QED) is 0.863. The van der Waals surface area contributed by atoms with E-state index in [-0.39, 0.29) is 5.41 Å². The zero-order valence-electron chi connectivity index (χ0n) is 9.86. The number of hydrogen-bond donors (Lipinski definition) is 1. The van der Waals surface area contributed by atoms with Crippen molar-refractivity contribution >= 4 is 11.3 Å². The summed E-state index contributed by atoms with van der Waals surface area (Å²) < 4.78 is 5.34. The lowest BCUT2D eigenvalue weighted by atomic mass is 9.98. The van der Waals surface area contributed by atoms with Gasteiger partial charge >= 0.3 is 0 Å². The summed E-state index contributed by atoms with van der Waals surface area (Å²) in [4.78, 5) is 4.47. The van der Waals surface area contributed by atoms with Crippen LogP contribution in [0.4, 0.5) is 0 Å². The van der Waals surface area contributed by atoms with Gasteiger partial charge in [-0.25, -0.2) is 4.98 Å². The third-order valence-corrected chi connectivity index (χ3v) is 3.73. The first kappa shape index (κ1) is 11.6. The third-order valence-electron chi connectivity index (χ3n) is 2.45. The number of aliphatic hydroxyl groups is 1. The molecule has 4 heteroatoms. The van der Waals surface area contributed by atoms with Gasteiger partial charge in [0, 0.05) is 17.2 Å². The molecule has 3 nitrogen and oxygen atoms in total. The average molecular weight is 239 g/mol. The number of ether oxygens (including phenoxy) is 1. The first-order valence-corrected chi connectivity index (χ1v) is 6.33. The Morgan fingerprint density at radius 3 is 2.75 bits per heavy atom. The molecule has 0 aromatic carbocycles. The fourth-order valence-electron chi connectivity index (χ4n) is 1.53. The van der Waals surface area contributed by atoms with Gasteiger partial charge in [0.15, 0.2) is 6.10 Å². The molecule has 1 aromatic heterocycles. The molecule has 0 radical (unpaired) electrons. The van der Waals surface area contributed by atoms with E-state index in [0.717, 1.165) is 11.4 Å². The van der Waals surface area contributed by atoms with Gasteiger partial charge in [0.25, 0.3) is 0 Å². The summed E-state index contributed by atoms with van der Waals surface area (Å²) in [6.07, 6.45) is 2.11. The van der Waals surface area contributed by atoms with Gasteiger partial charge < -0.3 is 9.84 Å². The van der Waals surface area contributed by atoms with E-state index in [2.05, 4.69) is 25.8 Å². The van der Waals surface area contributed by atoms with Gasteiger partial charge in [-0.2, -0.15) is 0 Å². The number of rotatable bonds is 2. The molecular formula is C12H17NO2S. The Bertz CT molecular complexity index is 403. The van der Waals surface area contributed by atoms with Crippen LogP contribution in [-0.2, 0) is 10.2 Å². The van der Waals surface area contributed by atoms with Crippen LogP contribution >= 0.6 is 11.3 Å². The van der Waals surface area contributed by atoms with Crippen molar-refractivity contribution in [1.82, 2.24) is 4.98 Å². The summed E-state index contributed by atoms with van der Waals surface area (Å²) in [5.74, 6) is 0.644. The molecule has 1 aromatic rings. The van der Waals surface area contributed by atoms with Crippen LogP contribution in [0.5, 0.6) is 0 Å². The monoisotopic (exact) mass is 239 g/mol. The fraction of sp³-hybridized carbons (Fsp3) is 0.583. The standard InChI is InChI=1S/C12H17NO2S/c1-12(2,3)11-13-8(7-16-11)10(14)9-5-4-6-15-9/h5,7,10,14H,4,6H2,1-3H3. The largest absolute Gasteiger partial charge is 0.495 e. The summed E-state index contributed by atoms with van der Waals surface area (Å²) in [7, 11) is 0. The molecule has 0 bridgehead atoms. The molecule has 1 unspecified atom stereocenters. The molecule has 1 aliphatic heterocycles. The van der Waals surface area contributed by atoms with Crippen molar-refractivity contribution in [3.63, 3.8) is 0 Å². The maximum Gasteiger partial charge on any atom is 0.153 e. The van der Waals surface area contributed by atoms with Crippen molar-refractivity contribution in [3.05, 3.63) is 27.9 Å². The summed E-state index contributed by atoms with van der Waals surface area (Å²) in [5, 5.41) is 13.0. The smallest absolute Gasteiger partial charge is 0.153 e. The molecule has 0 amide bonds. The van der Waals surface area contributed by atoms with Crippen molar-refractivity contribution in [2.24, 2.45) is 0 Å². The number of hydrogen-bond acceptors (Lipinski definition) is 4. The predicted octanol–water partition coefficient (Wildman–Crippen LogP) is 2.78. The second-order valence-corrected chi connectivity index (χ2v) is 5.83. The van der Waals surface area contributed by atoms with Gasteiger partial charge in [-0.3, -0.25) is 0 Å². The highest BCUT2D eigenvalue weighted by molar-refractivity contribution is 7.09. The van der Waals surface area contributed by atoms with Crippen LogP contribution in [0.1, 0.15) is 44.0 Å². The van der Waals surface area contributed by atoms with E-state index in [4.69, 9.17) is 4.74 Å². The Morgan fingerprint density at radius 2 is 2.25 bits per heavy atom. The summed E-state index contributed by atoms with van der Waals surface area (Å²) in [5.41, 5.74) is 0.733. The summed E-state index contributed by atoms with van der Waals surface area (Å²) >= 11 is 1.59. The van der Waals surface area contributed by atoms with E-state index in [1.165, 1.54) is 0 Å². The zero-order valence-corrected chi connectivity index (χ0v) is 10.7. The van der Waals surface area contributed by atoms with Crippen molar-refractivity contribution in [2.45, 2.75) is 38.7 Å². The maximum atomic E-state index is 10.1. The highest BCUT2D eigenvalue weighted by atomic mass is 32.1. The first-order valence-electron chi connectivity index (χ1n) is 5.45. The van der Waals surface area contributed by atoms with Crippen LogP contribution in [0.15, 0.2) is 17.2 Å². The lowest BCUT2D eigenvalue weighted by Gasteiger charge is -2.14. The number of aromatic nitrogens is 1. The zero-order chi connectivity index (χ0) is 11.8. The van der Waals surface area contributed by atoms with Gasteiger partial charge in [-0.05, 0) is 6.08 Å². The molecule has 0 saturated carbocycles. The van der Waals surface area contributed by atoms with Crippen LogP contribution in [0.25, 0.3) is 0 Å². The highest BCUT2D eigenvalue weighted by Crippen LogP contribution is 2.31. The Labute approximate surface area is 99.8 Å². The van der Waals surface area contributed by atoms with Gasteiger partial charge in [0.1, 0.15) is 5.76 Å². The summed E-state index contributed by atoms with van der Waals surface area (Å²) in [6, 6.07) is 0. The van der Waals surface area contributed by atoms with Gasteiger partial charge in [-0.15, -0.1) is 11.3 Å². The molecule has 88 valence electrons. The fourth-order valence-corrected chi connectivity index (χ4v) is 2.46. The van der Waals surface area contributed by atoms with E-state index >= 15 is 0 Å². The Hall–Kier alpha value is -0.870. The van der Waals surface area contributed by atoms with Crippen LogP contribution in [0.2, 0.25) is 0 Å². The third kappa shape index (κ3) is 2.28. The molecule has 0 aliphatic carbocycles. The SMILES string of the molecule is CC(C)(C)c1nc(C(O)C2=CCCO2)cs1. The topological polar surface area (TPSA) is 42.4 Å². The lowest BCUT2D eigenvalue weighted by Crippen LogP contribution is -2.11. The Morgan fingerprint density at radius 1 is 1.50 bits per heavy atom. The molecule has 0 fully saturated rings. The van der Waals surface area contributed by atoms with E-state index in [9.17, 15) is 5.11 Å². The van der Waals surface area contributed by atoms with E-state index in [1.54, 1.807) is 11.3 Å². The molecule has 2 heterocycles. The van der Waals surface area contributed by atoms with Crippen LogP contribution in [-0.4, -0.2) is 16.7 Å². The lowest BCUT2D eigenvalue weighted by molar-refractivity contribution is 0.116. The Balaban J connectivity index is 2.18. The van der Waals surface area contributed by atoms with E-state index in [1.807, 2.05) is 11.5 Å². The molecule has 1 aliphatic rings. The van der Waals surface area contributed by atoms with Crippen molar-refractivity contribution in [2.75, 3.05) is 6.61 Å². The normalized spacial score (nSPS) is 18.1. The van der Waals surface area contributed by atoms with Crippen LogP contribution in [0.3, 0.4) is 0 Å². The van der Waals surface area contributed by atoms with Gasteiger partial charge in [0.05, 0.1) is 17.3 Å². The summed E-state index contributed by atoms with van der Waals surface area (Å²) in [6.45, 7) is 7.02. The average Bonchev–Trinajstić information content (AvgIpc) is 2.87. The highest BCUT2D eigenvalue weighted by Gasteiger charge is 2.24. The minimum Gasteiger partial charge on any atom is -0.495 e. The molecule has 0 saturated heterocycles. The first-order chi connectivity index (χ1) is 7.48. The Kier molecular flexibility index (Phi) is 3.04. The van der Waals surface area contributed by atoms with Gasteiger partial charge in [-0.1, -0.05) is 20.8 Å². The van der Waals surface area contributed by atoms with Crippen LogP contribution in [0, 0.1) is 0 Å². The minimum absolute atomic E-state index is 0.0353. The van der Waals surface area contributed by atoms with E-state index < -0.39 is 6.10 Å². The number of nitrogens with zero attached hydrogens (tertiary/aromatic N) is 1. The van der Waals surface area contributed by atoms with Crippen molar-refractivity contribution in [1.29, 1.82) is 0 Å². The number of thiazole rings is 1. The second kappa shape index (κ2) is 4.18. The molecule has 1 N–H and O–H groups in total. The molecule has 1 atom stereocenters. The molecule has 0 spiro atoms. The van der Waals surface area contributed by atoms with E-state index in [0.29, 0.717) is 18.1 Å². The predicted molar refractivity (Wildman–Crippen MR) is 64.4 cm³/mol. The van der Waals surface area contributed by atoms with Crippen LogP contribution < -0.4 is 0 Å². The van der Waals surface area contributed by atoms with Crippen molar-refractivity contribution < 1.29 is 9.84 Å². The molecular weight excluding hydrogens is 222 g/mol. The minimum atomic E-state index is -0.699. The maximum absolute atomic E-state index is 10.1. The second-order valence-electron chi connectivity index (χ2n) is 4.97.